The van der Waals surface area contributed by atoms with Crippen LogP contribution in [0.2, 0.25) is 0 Å². The smallest absolute Gasteiger partial charge is 0.433 e. The van der Waals surface area contributed by atoms with Crippen molar-refractivity contribution in [2.24, 2.45) is 5.92 Å². The molecule has 0 aromatic carbocycles. The highest BCUT2D eigenvalue weighted by molar-refractivity contribution is 5.85. The minimum absolute atomic E-state index is 0. The molecule has 1 aromatic rings. The molecular formula is C11H12ClF3N2O2. The lowest BCUT2D eigenvalue weighted by atomic mass is 9.85. The summed E-state index contributed by atoms with van der Waals surface area (Å²) in [5.74, 6) is -1.80. The largest absolute Gasteiger partial charge is 0.481 e. The molecule has 0 radical (unpaired) electrons. The third-order valence-electron chi connectivity index (χ3n) is 3.00. The molecule has 0 amide bonds. The molecule has 1 heterocycles. The van der Waals surface area contributed by atoms with E-state index in [1.807, 2.05) is 0 Å². The minimum Gasteiger partial charge on any atom is -0.481 e. The molecule has 1 aliphatic carbocycles. The second kappa shape index (κ2) is 5.32. The van der Waals surface area contributed by atoms with E-state index in [1.54, 1.807) is 0 Å². The number of hydrogen-bond donors (Lipinski definition) is 1. The average Bonchev–Trinajstić information content (AvgIpc) is 2.25. The van der Waals surface area contributed by atoms with E-state index >= 15 is 0 Å². The maximum absolute atomic E-state index is 12.8. The summed E-state index contributed by atoms with van der Waals surface area (Å²) in [5, 5.41) is 8.89. The molecule has 0 fully saturated rings. The Labute approximate surface area is 113 Å². The van der Waals surface area contributed by atoms with Crippen LogP contribution in [0, 0.1) is 12.8 Å². The van der Waals surface area contributed by atoms with Gasteiger partial charge in [0.25, 0.3) is 0 Å². The van der Waals surface area contributed by atoms with Crippen molar-refractivity contribution in [2.45, 2.75) is 32.4 Å². The van der Waals surface area contributed by atoms with Crippen LogP contribution in [0.15, 0.2) is 0 Å². The summed E-state index contributed by atoms with van der Waals surface area (Å²) in [6.45, 7) is 1.40. The van der Waals surface area contributed by atoms with Crippen LogP contribution in [0.4, 0.5) is 13.2 Å². The summed E-state index contributed by atoms with van der Waals surface area (Å²) >= 11 is 0. The lowest BCUT2D eigenvalue weighted by molar-refractivity contribution is -0.145. The van der Waals surface area contributed by atoms with Crippen molar-refractivity contribution in [1.29, 1.82) is 0 Å². The number of nitrogens with zero attached hydrogens (tertiary/aromatic N) is 2. The molecule has 0 saturated heterocycles. The van der Waals surface area contributed by atoms with Crippen LogP contribution in [0.3, 0.4) is 0 Å². The molecule has 106 valence electrons. The van der Waals surface area contributed by atoms with E-state index in [2.05, 4.69) is 9.97 Å². The minimum atomic E-state index is -4.57. The zero-order valence-electron chi connectivity index (χ0n) is 9.99. The fourth-order valence-corrected chi connectivity index (χ4v) is 2.18. The van der Waals surface area contributed by atoms with Gasteiger partial charge in [-0.15, -0.1) is 12.4 Å². The topological polar surface area (TPSA) is 63.1 Å². The van der Waals surface area contributed by atoms with E-state index in [-0.39, 0.29) is 36.6 Å². The summed E-state index contributed by atoms with van der Waals surface area (Å²) in [5.41, 5.74) is -0.727. The maximum Gasteiger partial charge on any atom is 0.433 e. The lowest BCUT2D eigenvalue weighted by Crippen LogP contribution is -2.27. The predicted octanol–water partition coefficient (Wildman–Crippen LogP) is 2.42. The molecule has 1 unspecified atom stereocenters. The Balaban J connectivity index is 0.00000180. The highest BCUT2D eigenvalue weighted by Gasteiger charge is 2.39. The Morgan fingerprint density at radius 1 is 1.37 bits per heavy atom. The molecule has 1 aromatic heterocycles. The quantitative estimate of drug-likeness (QED) is 0.864. The molecule has 0 saturated carbocycles. The van der Waals surface area contributed by atoms with Gasteiger partial charge in [0.05, 0.1) is 5.92 Å². The van der Waals surface area contributed by atoms with Crippen LogP contribution < -0.4 is 0 Å². The number of fused-ring (bicyclic) bond motifs is 1. The Hall–Kier alpha value is -1.37. The van der Waals surface area contributed by atoms with Gasteiger partial charge in [0.1, 0.15) is 5.82 Å². The van der Waals surface area contributed by atoms with E-state index in [0.29, 0.717) is 12.1 Å². The Morgan fingerprint density at radius 3 is 2.53 bits per heavy atom. The molecule has 0 aliphatic heterocycles. The number of carbonyl (C=O) groups is 1. The molecule has 8 heteroatoms. The Morgan fingerprint density at radius 2 is 2.00 bits per heavy atom. The first-order valence-electron chi connectivity index (χ1n) is 5.45. The monoisotopic (exact) mass is 296 g/mol. The molecule has 0 bridgehead atoms. The van der Waals surface area contributed by atoms with Crippen LogP contribution in [0.1, 0.15) is 29.2 Å². The Kier molecular flexibility index (Phi) is 4.39. The zero-order valence-corrected chi connectivity index (χ0v) is 10.8. The molecule has 19 heavy (non-hydrogen) atoms. The maximum atomic E-state index is 12.8. The number of alkyl halides is 3. The normalized spacial score (nSPS) is 18.4. The lowest BCUT2D eigenvalue weighted by Gasteiger charge is -2.23. The fourth-order valence-electron chi connectivity index (χ4n) is 2.18. The van der Waals surface area contributed by atoms with Crippen molar-refractivity contribution in [1.82, 2.24) is 9.97 Å². The number of rotatable bonds is 1. The molecule has 4 nitrogen and oxygen atoms in total. The summed E-state index contributed by atoms with van der Waals surface area (Å²) in [4.78, 5) is 18.3. The number of hydrogen-bond acceptors (Lipinski definition) is 3. The van der Waals surface area contributed by atoms with Crippen molar-refractivity contribution in [3.63, 3.8) is 0 Å². The molecule has 0 spiro atoms. The second-order valence-electron chi connectivity index (χ2n) is 4.32. The molecule has 1 atom stereocenters. The van der Waals surface area contributed by atoms with Gasteiger partial charge in [-0.2, -0.15) is 13.2 Å². The number of carboxylic acid groups (broad SMARTS) is 1. The first-order valence-corrected chi connectivity index (χ1v) is 5.45. The van der Waals surface area contributed by atoms with Crippen molar-refractivity contribution in [3.05, 3.63) is 22.8 Å². The van der Waals surface area contributed by atoms with E-state index in [9.17, 15) is 18.0 Å². The highest BCUT2D eigenvalue weighted by Crippen LogP contribution is 2.35. The van der Waals surface area contributed by atoms with Crippen molar-refractivity contribution < 1.29 is 23.1 Å². The van der Waals surface area contributed by atoms with Gasteiger partial charge in [-0.3, -0.25) is 4.79 Å². The van der Waals surface area contributed by atoms with E-state index in [4.69, 9.17) is 5.11 Å². The van der Waals surface area contributed by atoms with E-state index in [0.717, 1.165) is 0 Å². The summed E-state index contributed by atoms with van der Waals surface area (Å²) < 4.78 is 38.5. The van der Waals surface area contributed by atoms with Crippen LogP contribution in [0.5, 0.6) is 0 Å². The van der Waals surface area contributed by atoms with Gasteiger partial charge >= 0.3 is 12.1 Å². The molecule has 1 N–H and O–H groups in total. The average molecular weight is 297 g/mol. The Bertz CT molecular complexity index is 505. The van der Waals surface area contributed by atoms with Crippen molar-refractivity contribution in [2.75, 3.05) is 0 Å². The van der Waals surface area contributed by atoms with Crippen molar-refractivity contribution >= 4 is 18.4 Å². The number of aliphatic carboxylic acids is 1. The van der Waals surface area contributed by atoms with E-state index < -0.39 is 23.8 Å². The van der Waals surface area contributed by atoms with Gasteiger partial charge < -0.3 is 5.11 Å². The van der Waals surface area contributed by atoms with Gasteiger partial charge in [0.2, 0.25) is 0 Å². The standard InChI is InChI=1S/C11H11F3N2O2.ClH/c1-5-15-8-3-2-6(10(17)18)4-7(8)9(16-5)11(12,13)14;/h6H,2-4H2,1H3,(H,17,18);1H. The zero-order chi connectivity index (χ0) is 13.5. The van der Waals surface area contributed by atoms with Gasteiger partial charge in [-0.25, -0.2) is 9.97 Å². The number of halogens is 4. The third-order valence-corrected chi connectivity index (χ3v) is 3.00. The predicted molar refractivity (Wildman–Crippen MR) is 62.2 cm³/mol. The van der Waals surface area contributed by atoms with Crippen LogP contribution in [-0.2, 0) is 23.8 Å². The molecular weight excluding hydrogens is 285 g/mol. The number of aromatic nitrogens is 2. The van der Waals surface area contributed by atoms with Crippen LogP contribution in [-0.4, -0.2) is 21.0 Å². The fraction of sp³-hybridized carbons (Fsp3) is 0.545. The molecule has 2 rings (SSSR count). The van der Waals surface area contributed by atoms with Crippen LogP contribution >= 0.6 is 12.4 Å². The SMILES string of the molecule is Cc1nc2c(c(C(F)(F)F)n1)CC(C(=O)O)CC2.Cl. The number of carboxylic acids is 1. The first kappa shape index (κ1) is 15.7. The summed E-state index contributed by atoms with van der Waals surface area (Å²) in [6.07, 6.45) is -4.16. The van der Waals surface area contributed by atoms with Gasteiger partial charge in [-0.05, 0) is 26.2 Å². The van der Waals surface area contributed by atoms with E-state index in [1.165, 1.54) is 6.92 Å². The van der Waals surface area contributed by atoms with Crippen LogP contribution in [0.25, 0.3) is 0 Å². The van der Waals surface area contributed by atoms with Gasteiger partial charge in [0.15, 0.2) is 5.69 Å². The summed E-state index contributed by atoms with van der Waals surface area (Å²) in [6, 6.07) is 0. The number of aryl methyl sites for hydroxylation is 2. The van der Waals surface area contributed by atoms with Gasteiger partial charge in [-0.1, -0.05) is 0 Å². The van der Waals surface area contributed by atoms with Crippen molar-refractivity contribution in [3.8, 4) is 0 Å². The molecule has 1 aliphatic rings. The highest BCUT2D eigenvalue weighted by atomic mass is 35.5. The summed E-state index contributed by atoms with van der Waals surface area (Å²) in [7, 11) is 0. The second-order valence-corrected chi connectivity index (χ2v) is 4.32. The third kappa shape index (κ3) is 3.15. The first-order chi connectivity index (χ1) is 8.29. The van der Waals surface area contributed by atoms with Gasteiger partial charge in [0, 0.05) is 11.3 Å².